The average molecular weight is 367 g/mol. The molecule has 0 bridgehead atoms. The molecule has 0 saturated heterocycles. The number of nitrogens with zero attached hydrogens (tertiary/aromatic N) is 1. The molecular formula is C17H12F3NO5. The molecule has 0 atom stereocenters. The quantitative estimate of drug-likeness (QED) is 0.260. The van der Waals surface area contributed by atoms with Crippen molar-refractivity contribution in [2.24, 2.45) is 0 Å². The Balaban J connectivity index is 2.59. The lowest BCUT2D eigenvalue weighted by atomic mass is 10.0. The maximum atomic E-state index is 12.3. The fourth-order valence-corrected chi connectivity index (χ4v) is 2.16. The minimum Gasteiger partial charge on any atom is -0.465 e. The molecule has 26 heavy (non-hydrogen) atoms. The van der Waals surface area contributed by atoms with E-state index in [0.717, 1.165) is 19.2 Å². The van der Waals surface area contributed by atoms with Crippen molar-refractivity contribution >= 4 is 23.3 Å². The van der Waals surface area contributed by atoms with Gasteiger partial charge in [0, 0.05) is 0 Å². The lowest BCUT2D eigenvalue weighted by Gasteiger charge is -2.11. The number of methoxy groups -OCH3 is 1. The first-order valence-corrected chi connectivity index (χ1v) is 7.11. The first-order valence-electron chi connectivity index (χ1n) is 7.11. The Hall–Kier alpha value is -3.36. The number of carbonyl (C=O) groups excluding carboxylic acids is 1. The van der Waals surface area contributed by atoms with Gasteiger partial charge in [0.1, 0.15) is 5.75 Å². The third-order valence-corrected chi connectivity index (χ3v) is 3.21. The van der Waals surface area contributed by atoms with Gasteiger partial charge >= 0.3 is 12.3 Å². The predicted molar refractivity (Wildman–Crippen MR) is 86.1 cm³/mol. The van der Waals surface area contributed by atoms with E-state index >= 15 is 0 Å². The van der Waals surface area contributed by atoms with Crippen molar-refractivity contribution < 1.29 is 32.4 Å². The highest BCUT2D eigenvalue weighted by molar-refractivity contribution is 6.22. The summed E-state index contributed by atoms with van der Waals surface area (Å²) in [5, 5.41) is 11.3. The fourth-order valence-electron chi connectivity index (χ4n) is 2.16. The average Bonchev–Trinajstić information content (AvgIpc) is 2.58. The summed E-state index contributed by atoms with van der Waals surface area (Å²) < 4.78 is 45.3. The largest absolute Gasteiger partial charge is 0.573 e. The molecule has 0 radical (unpaired) electrons. The summed E-state index contributed by atoms with van der Waals surface area (Å²) in [4.78, 5) is 22.5. The number of hydrogen-bond donors (Lipinski definition) is 0. The SMILES string of the molecule is COC(=O)/C(=C\c1ccccc1)c1ccc(OC(F)(F)F)cc1[N+](=O)[O-]. The second-order valence-corrected chi connectivity index (χ2v) is 4.94. The molecule has 2 aromatic rings. The number of alkyl halides is 3. The predicted octanol–water partition coefficient (Wildman–Crippen LogP) is 4.21. The Morgan fingerprint density at radius 1 is 1.15 bits per heavy atom. The molecule has 0 saturated carbocycles. The van der Waals surface area contributed by atoms with Gasteiger partial charge in [-0.1, -0.05) is 30.3 Å². The van der Waals surface area contributed by atoms with Gasteiger partial charge in [-0.15, -0.1) is 13.2 Å². The molecule has 0 aliphatic rings. The molecule has 0 heterocycles. The van der Waals surface area contributed by atoms with Crippen LogP contribution in [0.1, 0.15) is 11.1 Å². The van der Waals surface area contributed by atoms with E-state index in [2.05, 4.69) is 9.47 Å². The van der Waals surface area contributed by atoms with Gasteiger partial charge in [-0.25, -0.2) is 4.79 Å². The summed E-state index contributed by atoms with van der Waals surface area (Å²) in [5.41, 5.74) is -0.540. The summed E-state index contributed by atoms with van der Waals surface area (Å²) in [6.07, 6.45) is -3.65. The molecule has 0 aliphatic heterocycles. The molecule has 0 fully saturated rings. The molecule has 6 nitrogen and oxygen atoms in total. The maximum absolute atomic E-state index is 12.3. The highest BCUT2D eigenvalue weighted by Crippen LogP contribution is 2.34. The fraction of sp³-hybridized carbons (Fsp3) is 0.118. The van der Waals surface area contributed by atoms with E-state index in [1.807, 2.05) is 0 Å². The van der Waals surface area contributed by atoms with Gasteiger partial charge in [0.2, 0.25) is 0 Å². The molecule has 2 aromatic carbocycles. The molecule has 0 amide bonds. The van der Waals surface area contributed by atoms with Crippen molar-refractivity contribution in [3.8, 4) is 5.75 Å². The standard InChI is InChI=1S/C17H12F3NO5/c1-25-16(22)14(9-11-5-3-2-4-6-11)13-8-7-12(26-17(18,19)20)10-15(13)21(23)24/h2-10H,1H3/b14-9-. The summed E-state index contributed by atoms with van der Waals surface area (Å²) in [7, 11) is 1.09. The minimum absolute atomic E-state index is 0.177. The zero-order valence-corrected chi connectivity index (χ0v) is 13.3. The lowest BCUT2D eigenvalue weighted by Crippen LogP contribution is -2.17. The molecular weight excluding hydrogens is 355 g/mol. The van der Waals surface area contributed by atoms with Crippen LogP contribution in [-0.2, 0) is 9.53 Å². The number of benzene rings is 2. The summed E-state index contributed by atoms with van der Waals surface area (Å²) in [6, 6.07) is 10.9. The van der Waals surface area contributed by atoms with E-state index in [0.29, 0.717) is 11.6 Å². The van der Waals surface area contributed by atoms with E-state index < -0.39 is 28.7 Å². The van der Waals surface area contributed by atoms with Crippen LogP contribution >= 0.6 is 0 Å². The van der Waals surface area contributed by atoms with Crippen molar-refractivity contribution in [3.05, 3.63) is 69.8 Å². The summed E-state index contributed by atoms with van der Waals surface area (Å²) >= 11 is 0. The molecule has 0 aromatic heterocycles. The number of halogens is 3. The third-order valence-electron chi connectivity index (χ3n) is 3.21. The second kappa shape index (κ2) is 7.68. The Morgan fingerprint density at radius 3 is 2.35 bits per heavy atom. The van der Waals surface area contributed by atoms with E-state index in [-0.39, 0.29) is 11.1 Å². The Labute approximate surface area is 145 Å². The molecule has 0 spiro atoms. The smallest absolute Gasteiger partial charge is 0.465 e. The monoisotopic (exact) mass is 367 g/mol. The number of carbonyl (C=O) groups is 1. The van der Waals surface area contributed by atoms with E-state index in [1.165, 1.54) is 6.08 Å². The molecule has 0 aliphatic carbocycles. The van der Waals surface area contributed by atoms with Crippen LogP contribution in [0.4, 0.5) is 18.9 Å². The number of esters is 1. The second-order valence-electron chi connectivity index (χ2n) is 4.94. The van der Waals surface area contributed by atoms with Crippen molar-refractivity contribution in [2.45, 2.75) is 6.36 Å². The molecule has 2 rings (SSSR count). The summed E-state index contributed by atoms with van der Waals surface area (Å²) in [6.45, 7) is 0. The van der Waals surface area contributed by atoms with Crippen LogP contribution in [0.5, 0.6) is 5.75 Å². The first kappa shape index (κ1) is 19.0. The zero-order chi connectivity index (χ0) is 19.3. The Bertz CT molecular complexity index is 847. The van der Waals surface area contributed by atoms with Gasteiger partial charge in [-0.2, -0.15) is 0 Å². The normalized spacial score (nSPS) is 11.8. The first-order chi connectivity index (χ1) is 12.2. The van der Waals surface area contributed by atoms with Crippen LogP contribution in [0.2, 0.25) is 0 Å². The topological polar surface area (TPSA) is 78.7 Å². The van der Waals surface area contributed by atoms with E-state index in [1.54, 1.807) is 30.3 Å². The van der Waals surface area contributed by atoms with Crippen LogP contribution < -0.4 is 4.74 Å². The molecule has 0 unspecified atom stereocenters. The van der Waals surface area contributed by atoms with Gasteiger partial charge in [0.15, 0.2) is 0 Å². The number of rotatable bonds is 5. The highest BCUT2D eigenvalue weighted by Gasteiger charge is 2.32. The van der Waals surface area contributed by atoms with E-state index in [9.17, 15) is 28.1 Å². The summed E-state index contributed by atoms with van der Waals surface area (Å²) in [5.74, 6) is -1.64. The van der Waals surface area contributed by atoms with Crippen molar-refractivity contribution in [1.82, 2.24) is 0 Å². The van der Waals surface area contributed by atoms with E-state index in [4.69, 9.17) is 0 Å². The number of nitro benzene ring substituents is 1. The highest BCUT2D eigenvalue weighted by atomic mass is 19.4. The van der Waals surface area contributed by atoms with Crippen LogP contribution in [-0.4, -0.2) is 24.4 Å². The molecule has 0 N–H and O–H groups in total. The van der Waals surface area contributed by atoms with Gasteiger partial charge in [0.25, 0.3) is 5.69 Å². The number of ether oxygens (including phenoxy) is 2. The molecule has 9 heteroatoms. The molecule has 136 valence electrons. The van der Waals surface area contributed by atoms with Crippen molar-refractivity contribution in [1.29, 1.82) is 0 Å². The van der Waals surface area contributed by atoms with Gasteiger partial charge in [-0.3, -0.25) is 10.1 Å². The van der Waals surface area contributed by atoms with Gasteiger partial charge in [0.05, 0.1) is 29.2 Å². The Kier molecular flexibility index (Phi) is 5.61. The van der Waals surface area contributed by atoms with Crippen molar-refractivity contribution in [3.63, 3.8) is 0 Å². The minimum atomic E-state index is -5.00. The number of nitro groups is 1. The van der Waals surface area contributed by atoms with Gasteiger partial charge < -0.3 is 9.47 Å². The lowest BCUT2D eigenvalue weighted by molar-refractivity contribution is -0.385. The van der Waals surface area contributed by atoms with Gasteiger partial charge in [-0.05, 0) is 23.8 Å². The Morgan fingerprint density at radius 2 is 1.81 bits per heavy atom. The zero-order valence-electron chi connectivity index (χ0n) is 13.3. The van der Waals surface area contributed by atoms with Crippen LogP contribution in [0.3, 0.4) is 0 Å². The van der Waals surface area contributed by atoms with Crippen molar-refractivity contribution in [2.75, 3.05) is 7.11 Å². The third kappa shape index (κ3) is 4.82. The van der Waals surface area contributed by atoms with Crippen LogP contribution in [0, 0.1) is 10.1 Å². The maximum Gasteiger partial charge on any atom is 0.573 e. The van der Waals surface area contributed by atoms with Crippen LogP contribution in [0.25, 0.3) is 11.6 Å². The van der Waals surface area contributed by atoms with Crippen LogP contribution in [0.15, 0.2) is 48.5 Å². The number of hydrogen-bond acceptors (Lipinski definition) is 5.